The summed E-state index contributed by atoms with van der Waals surface area (Å²) in [4.78, 5) is 5.40. The maximum atomic E-state index is 6.64. The van der Waals surface area contributed by atoms with Crippen LogP contribution in [0.5, 0.6) is 0 Å². The van der Waals surface area contributed by atoms with Crippen molar-refractivity contribution in [2.45, 2.75) is 32.1 Å². The molecule has 3 nitrogen and oxygen atoms in total. The maximum Gasteiger partial charge on any atom is 0.229 e. The summed E-state index contributed by atoms with van der Waals surface area (Å²) in [6.45, 7) is 2.28. The lowest BCUT2D eigenvalue weighted by atomic mass is 9.83. The van der Waals surface area contributed by atoms with Crippen LogP contribution in [0, 0.1) is 6.92 Å². The van der Waals surface area contributed by atoms with E-state index in [0.29, 0.717) is 5.71 Å². The zero-order chi connectivity index (χ0) is 32.2. The van der Waals surface area contributed by atoms with E-state index in [1.165, 1.54) is 76.9 Å². The molecule has 0 saturated carbocycles. The van der Waals surface area contributed by atoms with Gasteiger partial charge in [0, 0.05) is 22.1 Å². The van der Waals surface area contributed by atoms with Crippen molar-refractivity contribution in [1.29, 1.82) is 0 Å². The number of para-hydroxylation sites is 1. The van der Waals surface area contributed by atoms with Crippen molar-refractivity contribution in [3.63, 3.8) is 0 Å². The van der Waals surface area contributed by atoms with Gasteiger partial charge in [-0.1, -0.05) is 109 Å². The number of aromatic nitrogens is 2. The van der Waals surface area contributed by atoms with Gasteiger partial charge in [-0.2, -0.15) is 0 Å². The van der Waals surface area contributed by atoms with Crippen molar-refractivity contribution in [2.24, 2.45) is 0 Å². The number of hydrogen-bond donors (Lipinski definition) is 0. The van der Waals surface area contributed by atoms with Crippen LogP contribution in [0.1, 0.15) is 45.8 Å². The van der Waals surface area contributed by atoms with Crippen LogP contribution in [0.15, 0.2) is 126 Å². The molecule has 1 atom stereocenters. The summed E-state index contributed by atoms with van der Waals surface area (Å²) in [5, 5.41) is 9.95. The summed E-state index contributed by atoms with van der Waals surface area (Å²) in [7, 11) is 0. The van der Waals surface area contributed by atoms with Crippen molar-refractivity contribution in [1.82, 2.24) is 9.55 Å². The number of benzene rings is 6. The average molecular weight is 629 g/mol. The molecule has 11 rings (SSSR count). The fraction of sp³-hybridized carbons (Fsp3) is 0.109. The van der Waals surface area contributed by atoms with Crippen molar-refractivity contribution >= 4 is 77.6 Å². The first-order valence-corrected chi connectivity index (χ1v) is 17.4. The van der Waals surface area contributed by atoms with E-state index in [2.05, 4.69) is 145 Å². The van der Waals surface area contributed by atoms with Crippen molar-refractivity contribution in [3.8, 4) is 5.69 Å². The molecule has 0 radical (unpaired) electrons. The van der Waals surface area contributed by atoms with Gasteiger partial charge in [0.05, 0.1) is 27.8 Å². The smallest absolute Gasteiger partial charge is 0.229 e. The van der Waals surface area contributed by atoms with Crippen molar-refractivity contribution in [2.75, 3.05) is 0 Å². The Bertz CT molecular complexity index is 2930. The Balaban J connectivity index is 1.26. The molecule has 9 aromatic rings. The predicted molar refractivity (Wildman–Crippen MR) is 205 cm³/mol. The maximum absolute atomic E-state index is 6.64. The van der Waals surface area contributed by atoms with Gasteiger partial charge in [0.1, 0.15) is 5.58 Å². The van der Waals surface area contributed by atoms with Gasteiger partial charge < -0.3 is 8.98 Å². The molecule has 3 aromatic heterocycles. The summed E-state index contributed by atoms with van der Waals surface area (Å²) in [6, 6.07) is 39.9. The third-order valence-corrected chi connectivity index (χ3v) is 11.2. The van der Waals surface area contributed by atoms with Crippen LogP contribution in [0.2, 0.25) is 0 Å². The Kier molecular flexibility index (Phi) is 5.55. The third kappa shape index (κ3) is 3.81. The fourth-order valence-electron chi connectivity index (χ4n) is 8.90. The van der Waals surface area contributed by atoms with E-state index in [-0.39, 0.29) is 5.92 Å². The van der Waals surface area contributed by atoms with Crippen LogP contribution in [0.3, 0.4) is 0 Å². The normalized spacial score (nSPS) is 15.7. The van der Waals surface area contributed by atoms with Gasteiger partial charge in [0.2, 0.25) is 5.71 Å². The molecule has 0 amide bonds. The molecular formula is C46H32N2O. The molecule has 2 aliphatic rings. The van der Waals surface area contributed by atoms with Crippen LogP contribution >= 0.6 is 0 Å². The summed E-state index contributed by atoms with van der Waals surface area (Å²) in [5.41, 5.74) is 12.9. The Morgan fingerprint density at radius 1 is 0.673 bits per heavy atom. The van der Waals surface area contributed by atoms with Crippen molar-refractivity contribution < 1.29 is 4.42 Å². The van der Waals surface area contributed by atoms with Crippen LogP contribution in [0.25, 0.3) is 83.3 Å². The molecule has 232 valence electrons. The average Bonchev–Trinajstić information content (AvgIpc) is 3.68. The number of rotatable bonds is 2. The molecule has 0 fully saturated rings. The first-order chi connectivity index (χ1) is 24.2. The zero-order valence-corrected chi connectivity index (χ0v) is 27.2. The molecular weight excluding hydrogens is 597 g/mol. The molecule has 6 aromatic carbocycles. The van der Waals surface area contributed by atoms with E-state index in [9.17, 15) is 0 Å². The van der Waals surface area contributed by atoms with Gasteiger partial charge in [-0.25, -0.2) is 4.98 Å². The second-order valence-electron chi connectivity index (χ2n) is 13.8. The van der Waals surface area contributed by atoms with E-state index in [4.69, 9.17) is 9.40 Å². The SMILES string of the molecule is Cc1c(C2C=Cc3ccc4ccccc4c3C2)nc2oc3ccccc3c2c1-n1c2cc3ccccc3cc2c2c3c(ccc21)C=CCC3. The fourth-order valence-corrected chi connectivity index (χ4v) is 8.90. The topological polar surface area (TPSA) is 31.0 Å². The largest absolute Gasteiger partial charge is 0.438 e. The summed E-state index contributed by atoms with van der Waals surface area (Å²) in [6.07, 6.45) is 12.3. The molecule has 3 heterocycles. The van der Waals surface area contributed by atoms with Crippen LogP contribution in [-0.4, -0.2) is 9.55 Å². The summed E-state index contributed by atoms with van der Waals surface area (Å²) >= 11 is 0. The number of fused-ring (bicyclic) bond motifs is 12. The lowest BCUT2D eigenvalue weighted by Crippen LogP contribution is -2.12. The van der Waals surface area contributed by atoms with Gasteiger partial charge in [0.25, 0.3) is 0 Å². The van der Waals surface area contributed by atoms with Crippen LogP contribution < -0.4 is 0 Å². The highest BCUT2D eigenvalue weighted by molar-refractivity contribution is 6.18. The summed E-state index contributed by atoms with van der Waals surface area (Å²) < 4.78 is 9.18. The number of pyridine rings is 1. The predicted octanol–water partition coefficient (Wildman–Crippen LogP) is 12.0. The molecule has 0 aliphatic heterocycles. The van der Waals surface area contributed by atoms with E-state index >= 15 is 0 Å². The van der Waals surface area contributed by atoms with Gasteiger partial charge >= 0.3 is 0 Å². The zero-order valence-electron chi connectivity index (χ0n) is 27.2. The first-order valence-electron chi connectivity index (χ1n) is 17.4. The van der Waals surface area contributed by atoms with Gasteiger partial charge in [-0.15, -0.1) is 0 Å². The molecule has 3 heteroatoms. The highest BCUT2D eigenvalue weighted by atomic mass is 16.3. The quantitative estimate of drug-likeness (QED) is 0.191. The second kappa shape index (κ2) is 10.0. The Morgan fingerprint density at radius 2 is 1.43 bits per heavy atom. The van der Waals surface area contributed by atoms with E-state index in [0.717, 1.165) is 41.3 Å². The highest BCUT2D eigenvalue weighted by Crippen LogP contribution is 2.45. The molecule has 1 unspecified atom stereocenters. The number of hydrogen-bond acceptors (Lipinski definition) is 2. The van der Waals surface area contributed by atoms with Crippen molar-refractivity contribution in [3.05, 3.63) is 155 Å². The molecule has 0 N–H and O–H groups in total. The summed E-state index contributed by atoms with van der Waals surface area (Å²) in [5.74, 6) is 0.112. The number of nitrogens with zero attached hydrogens (tertiary/aromatic N) is 2. The van der Waals surface area contributed by atoms with Gasteiger partial charge in [-0.3, -0.25) is 0 Å². The monoisotopic (exact) mass is 628 g/mol. The number of furan rings is 1. The Hall–Kier alpha value is -5.93. The minimum atomic E-state index is 0.112. The van der Waals surface area contributed by atoms with E-state index < -0.39 is 0 Å². The van der Waals surface area contributed by atoms with Gasteiger partial charge in [0.15, 0.2) is 0 Å². The first kappa shape index (κ1) is 27.1. The van der Waals surface area contributed by atoms with E-state index in [1.807, 2.05) is 0 Å². The third-order valence-electron chi connectivity index (χ3n) is 11.2. The van der Waals surface area contributed by atoms with Gasteiger partial charge in [-0.05, 0) is 99.8 Å². The Labute approximate surface area is 283 Å². The van der Waals surface area contributed by atoms with Crippen LogP contribution in [-0.2, 0) is 12.8 Å². The van der Waals surface area contributed by atoms with Crippen LogP contribution in [0.4, 0.5) is 0 Å². The molecule has 2 aliphatic carbocycles. The molecule has 0 saturated heterocycles. The Morgan fingerprint density at radius 3 is 2.33 bits per heavy atom. The number of aryl methyl sites for hydroxylation is 1. The molecule has 0 bridgehead atoms. The molecule has 49 heavy (non-hydrogen) atoms. The van der Waals surface area contributed by atoms with E-state index in [1.54, 1.807) is 0 Å². The highest BCUT2D eigenvalue weighted by Gasteiger charge is 2.28. The minimum absolute atomic E-state index is 0.112. The lowest BCUT2D eigenvalue weighted by molar-refractivity contribution is 0.646. The molecule has 0 spiro atoms. The number of allylic oxidation sites excluding steroid dienone is 2. The second-order valence-corrected chi connectivity index (χ2v) is 13.8. The minimum Gasteiger partial charge on any atom is -0.438 e. The standard InChI is InChI=1S/C46H32N2O/c1-27-44(33-21-20-30-19-18-28-10-4-6-14-34(28)37(30)25-33)47-46-43(36-16-8-9-17-41(36)49-46)45(27)48-39-23-22-29-11-5-7-15-35(29)42(39)38-24-31-12-2-3-13-32(31)26-40(38)48/h2-6,8-14,16-24,26,33H,7,15,25H2,1H3. The lowest BCUT2D eigenvalue weighted by Gasteiger charge is -2.24.